The molecule has 6 heteroatoms. The Labute approximate surface area is 314 Å². The van der Waals surface area contributed by atoms with Crippen LogP contribution in [0, 0.1) is 0 Å². The van der Waals surface area contributed by atoms with Gasteiger partial charge in [0.05, 0.1) is 0 Å². The first kappa shape index (κ1) is 48.4. The Morgan fingerprint density at radius 3 is 1.20 bits per heavy atom. The topological polar surface area (TPSA) is 78.9 Å². The third-order valence-electron chi connectivity index (χ3n) is 8.85. The summed E-state index contributed by atoms with van der Waals surface area (Å²) < 4.78 is 16.6. The Morgan fingerprint density at radius 2 is 0.765 bits per heavy atom. The van der Waals surface area contributed by atoms with Crippen LogP contribution >= 0.6 is 0 Å². The molecule has 0 radical (unpaired) electrons. The number of unbranched alkanes of at least 4 members (excludes halogenated alkanes) is 18. The zero-order valence-electron chi connectivity index (χ0n) is 33.4. The molecular formula is C45H78O6. The maximum absolute atomic E-state index is 12.6. The highest BCUT2D eigenvalue weighted by Gasteiger charge is 2.19. The molecule has 0 aliphatic rings. The summed E-state index contributed by atoms with van der Waals surface area (Å²) in [6.45, 7) is 6.42. The Hall–Kier alpha value is -2.63. The summed E-state index contributed by atoms with van der Waals surface area (Å²) in [5.41, 5.74) is 0. The lowest BCUT2D eigenvalue weighted by Gasteiger charge is -2.18. The van der Waals surface area contributed by atoms with Gasteiger partial charge < -0.3 is 14.2 Å². The molecular weight excluding hydrogens is 636 g/mol. The van der Waals surface area contributed by atoms with Crippen LogP contribution in [-0.2, 0) is 28.6 Å². The average Bonchev–Trinajstić information content (AvgIpc) is 3.12. The summed E-state index contributed by atoms with van der Waals surface area (Å²) in [7, 11) is 0. The van der Waals surface area contributed by atoms with Crippen LogP contribution in [0.1, 0.15) is 201 Å². The largest absolute Gasteiger partial charge is 0.462 e. The summed E-state index contributed by atoms with van der Waals surface area (Å²) >= 11 is 0. The molecule has 0 aliphatic carbocycles. The van der Waals surface area contributed by atoms with Gasteiger partial charge in [0.25, 0.3) is 0 Å². The third-order valence-corrected chi connectivity index (χ3v) is 8.85. The Kier molecular flexibility index (Phi) is 38.1. The van der Waals surface area contributed by atoms with E-state index in [4.69, 9.17) is 14.2 Å². The highest BCUT2D eigenvalue weighted by atomic mass is 16.6. The Balaban J connectivity index is 4.32. The van der Waals surface area contributed by atoms with Gasteiger partial charge in [0.2, 0.25) is 0 Å². The molecule has 0 spiro atoms. The van der Waals surface area contributed by atoms with Gasteiger partial charge in [-0.05, 0) is 57.8 Å². The summed E-state index contributed by atoms with van der Waals surface area (Å²) in [5, 5.41) is 0. The fraction of sp³-hybridized carbons (Fsp3) is 0.756. The number of ether oxygens (including phenoxy) is 3. The van der Waals surface area contributed by atoms with Crippen molar-refractivity contribution in [2.75, 3.05) is 13.2 Å². The second-order valence-electron chi connectivity index (χ2n) is 13.9. The summed E-state index contributed by atoms with van der Waals surface area (Å²) in [4.78, 5) is 37.4. The van der Waals surface area contributed by atoms with E-state index in [1.54, 1.807) is 0 Å². The Bertz CT molecular complexity index is 918. The monoisotopic (exact) mass is 715 g/mol. The first-order valence-corrected chi connectivity index (χ1v) is 21.1. The molecule has 0 N–H and O–H groups in total. The van der Waals surface area contributed by atoms with Crippen molar-refractivity contribution in [2.45, 2.75) is 207 Å². The van der Waals surface area contributed by atoms with Crippen LogP contribution in [-0.4, -0.2) is 37.2 Å². The Morgan fingerprint density at radius 1 is 0.412 bits per heavy atom. The van der Waals surface area contributed by atoms with Crippen LogP contribution in [0.25, 0.3) is 0 Å². The van der Waals surface area contributed by atoms with E-state index in [1.807, 2.05) is 0 Å². The normalized spacial score (nSPS) is 12.5. The quantitative estimate of drug-likeness (QED) is 0.0276. The number of hydrogen-bond donors (Lipinski definition) is 0. The fourth-order valence-corrected chi connectivity index (χ4v) is 5.67. The minimum absolute atomic E-state index is 0.0798. The molecule has 1 atom stereocenters. The predicted octanol–water partition coefficient (Wildman–Crippen LogP) is 13.2. The van der Waals surface area contributed by atoms with Gasteiger partial charge in [-0.1, -0.05) is 172 Å². The van der Waals surface area contributed by atoms with Crippen molar-refractivity contribution in [2.24, 2.45) is 0 Å². The van der Waals surface area contributed by atoms with E-state index >= 15 is 0 Å². The van der Waals surface area contributed by atoms with Gasteiger partial charge in [-0.3, -0.25) is 14.4 Å². The lowest BCUT2D eigenvalue weighted by atomic mass is 10.1. The molecule has 51 heavy (non-hydrogen) atoms. The van der Waals surface area contributed by atoms with Crippen LogP contribution in [0.5, 0.6) is 0 Å². The van der Waals surface area contributed by atoms with E-state index < -0.39 is 6.10 Å². The first-order valence-electron chi connectivity index (χ1n) is 21.1. The lowest BCUT2D eigenvalue weighted by Crippen LogP contribution is -2.30. The van der Waals surface area contributed by atoms with Crippen LogP contribution in [0.2, 0.25) is 0 Å². The molecule has 1 unspecified atom stereocenters. The SMILES string of the molecule is CC/C=C\C/C=C\C/C=C\C/C=C\CCCCCCC(=O)OCC(COC(=O)CCCCCCCCCC)OC(=O)CCCCCCCCCC. The van der Waals surface area contributed by atoms with E-state index in [2.05, 4.69) is 69.4 Å². The van der Waals surface area contributed by atoms with Crippen molar-refractivity contribution < 1.29 is 28.6 Å². The second-order valence-corrected chi connectivity index (χ2v) is 13.9. The summed E-state index contributed by atoms with van der Waals surface area (Å²) in [6, 6.07) is 0. The molecule has 0 aliphatic heterocycles. The van der Waals surface area contributed by atoms with Crippen molar-refractivity contribution >= 4 is 17.9 Å². The molecule has 0 heterocycles. The van der Waals surface area contributed by atoms with E-state index in [-0.39, 0.29) is 31.1 Å². The molecule has 0 saturated carbocycles. The zero-order chi connectivity index (χ0) is 37.3. The molecule has 0 aromatic rings. The standard InChI is InChI=1S/C45H78O6/c1-4-7-10-13-16-19-20-21-22-23-24-25-26-27-30-32-35-38-44(47)50-41-42(51-45(48)39-36-33-29-18-15-12-9-6-3)40-49-43(46)37-34-31-28-17-14-11-8-5-2/h7,10,16,19,21-22,24-25,42H,4-6,8-9,11-15,17-18,20,23,26-41H2,1-3H3/b10-7-,19-16-,22-21-,25-24-. The van der Waals surface area contributed by atoms with Gasteiger partial charge in [-0.25, -0.2) is 0 Å². The van der Waals surface area contributed by atoms with E-state index in [0.717, 1.165) is 96.3 Å². The van der Waals surface area contributed by atoms with Gasteiger partial charge in [0.15, 0.2) is 6.10 Å². The fourth-order valence-electron chi connectivity index (χ4n) is 5.67. The zero-order valence-corrected chi connectivity index (χ0v) is 33.4. The molecule has 0 fully saturated rings. The van der Waals surface area contributed by atoms with Crippen molar-refractivity contribution in [3.63, 3.8) is 0 Å². The number of rotatable bonds is 37. The number of allylic oxidation sites excluding steroid dienone is 8. The lowest BCUT2D eigenvalue weighted by molar-refractivity contribution is -0.167. The maximum atomic E-state index is 12.6. The number of esters is 3. The van der Waals surface area contributed by atoms with Crippen molar-refractivity contribution in [1.82, 2.24) is 0 Å². The van der Waals surface area contributed by atoms with Gasteiger partial charge >= 0.3 is 17.9 Å². The van der Waals surface area contributed by atoms with Crippen molar-refractivity contribution in [3.8, 4) is 0 Å². The molecule has 0 aromatic carbocycles. The highest BCUT2D eigenvalue weighted by Crippen LogP contribution is 2.13. The maximum Gasteiger partial charge on any atom is 0.306 e. The van der Waals surface area contributed by atoms with Crippen molar-refractivity contribution in [3.05, 3.63) is 48.6 Å². The minimum atomic E-state index is -0.774. The molecule has 294 valence electrons. The first-order chi connectivity index (χ1) is 25.0. The van der Waals surface area contributed by atoms with Gasteiger partial charge in [0, 0.05) is 19.3 Å². The smallest absolute Gasteiger partial charge is 0.306 e. The van der Waals surface area contributed by atoms with E-state index in [9.17, 15) is 14.4 Å². The third kappa shape index (κ3) is 38.4. The van der Waals surface area contributed by atoms with Gasteiger partial charge in [-0.15, -0.1) is 0 Å². The van der Waals surface area contributed by atoms with Gasteiger partial charge in [-0.2, -0.15) is 0 Å². The summed E-state index contributed by atoms with van der Waals surface area (Å²) in [6.07, 6.45) is 45.3. The number of hydrogen-bond acceptors (Lipinski definition) is 6. The molecule has 0 amide bonds. The van der Waals surface area contributed by atoms with Gasteiger partial charge in [0.1, 0.15) is 13.2 Å². The van der Waals surface area contributed by atoms with Crippen LogP contribution < -0.4 is 0 Å². The van der Waals surface area contributed by atoms with Crippen LogP contribution in [0.15, 0.2) is 48.6 Å². The molecule has 0 aromatic heterocycles. The molecule has 0 rings (SSSR count). The number of carbonyl (C=O) groups excluding carboxylic acids is 3. The molecule has 0 bridgehead atoms. The molecule has 6 nitrogen and oxygen atoms in total. The predicted molar refractivity (Wildman–Crippen MR) is 215 cm³/mol. The average molecular weight is 715 g/mol. The van der Waals surface area contributed by atoms with Crippen LogP contribution in [0.4, 0.5) is 0 Å². The van der Waals surface area contributed by atoms with Crippen molar-refractivity contribution in [1.29, 1.82) is 0 Å². The second kappa shape index (κ2) is 40.1. The minimum Gasteiger partial charge on any atom is -0.462 e. The van der Waals surface area contributed by atoms with E-state index in [1.165, 1.54) is 64.2 Å². The molecule has 0 saturated heterocycles. The highest BCUT2D eigenvalue weighted by molar-refractivity contribution is 5.71. The number of carbonyl (C=O) groups is 3. The van der Waals surface area contributed by atoms with Crippen LogP contribution in [0.3, 0.4) is 0 Å². The van der Waals surface area contributed by atoms with E-state index in [0.29, 0.717) is 19.3 Å². The summed E-state index contributed by atoms with van der Waals surface area (Å²) in [5.74, 6) is -0.917.